The van der Waals surface area contributed by atoms with Crippen molar-refractivity contribution in [2.45, 2.75) is 51.2 Å². The standard InChI is InChI=1S/C19H22N2O4/c1-2-24-18(23)11-15-19-14-9-10-21(12-3-5-13(22)6-4-12)16(14)7-8-17(19)25-20-15/h7-10,12-13,22H,2-6,11H2,1H3. The molecule has 25 heavy (non-hydrogen) atoms. The van der Waals surface area contributed by atoms with E-state index in [1.165, 1.54) is 0 Å². The van der Waals surface area contributed by atoms with Gasteiger partial charge in [0.1, 0.15) is 5.69 Å². The van der Waals surface area contributed by atoms with E-state index in [0.29, 0.717) is 23.9 Å². The van der Waals surface area contributed by atoms with Crippen molar-refractivity contribution in [2.75, 3.05) is 6.61 Å². The van der Waals surface area contributed by atoms with Gasteiger partial charge in [-0.3, -0.25) is 4.79 Å². The number of aliphatic hydroxyl groups is 1. The van der Waals surface area contributed by atoms with Crippen molar-refractivity contribution in [2.24, 2.45) is 0 Å². The number of aromatic nitrogens is 2. The van der Waals surface area contributed by atoms with Crippen molar-refractivity contribution in [3.05, 3.63) is 30.1 Å². The Morgan fingerprint density at radius 1 is 1.32 bits per heavy atom. The molecule has 1 fully saturated rings. The highest BCUT2D eigenvalue weighted by molar-refractivity contribution is 6.06. The van der Waals surface area contributed by atoms with Crippen LogP contribution in [0.4, 0.5) is 0 Å². The Morgan fingerprint density at radius 3 is 2.88 bits per heavy atom. The summed E-state index contributed by atoms with van der Waals surface area (Å²) in [6, 6.07) is 6.41. The van der Waals surface area contributed by atoms with Gasteiger partial charge in [0.15, 0.2) is 5.58 Å². The number of carbonyl (C=O) groups excluding carboxylic acids is 1. The predicted molar refractivity (Wildman–Crippen MR) is 93.4 cm³/mol. The molecule has 0 saturated heterocycles. The third-order valence-corrected chi connectivity index (χ3v) is 5.08. The molecular weight excluding hydrogens is 320 g/mol. The number of ether oxygens (including phenoxy) is 1. The largest absolute Gasteiger partial charge is 0.466 e. The van der Waals surface area contributed by atoms with Gasteiger partial charge in [-0.25, -0.2) is 0 Å². The van der Waals surface area contributed by atoms with Gasteiger partial charge >= 0.3 is 5.97 Å². The maximum absolute atomic E-state index is 11.8. The van der Waals surface area contributed by atoms with Crippen LogP contribution < -0.4 is 0 Å². The molecule has 1 saturated carbocycles. The van der Waals surface area contributed by atoms with Gasteiger partial charge in [-0.05, 0) is 50.8 Å². The normalized spacial score (nSPS) is 21.0. The van der Waals surface area contributed by atoms with Gasteiger partial charge in [0.25, 0.3) is 0 Å². The number of fused-ring (bicyclic) bond motifs is 3. The summed E-state index contributed by atoms with van der Waals surface area (Å²) in [6.07, 6.45) is 5.67. The molecule has 2 aromatic heterocycles. The van der Waals surface area contributed by atoms with Crippen LogP contribution >= 0.6 is 0 Å². The fraction of sp³-hybridized carbons (Fsp3) is 0.474. The van der Waals surface area contributed by atoms with Crippen molar-refractivity contribution in [1.82, 2.24) is 9.72 Å². The Kier molecular flexibility index (Phi) is 4.21. The molecule has 3 aromatic rings. The highest BCUT2D eigenvalue weighted by atomic mass is 16.5. The van der Waals surface area contributed by atoms with E-state index in [9.17, 15) is 9.90 Å². The zero-order chi connectivity index (χ0) is 17.4. The first-order chi connectivity index (χ1) is 12.2. The molecule has 0 amide bonds. The van der Waals surface area contributed by atoms with Crippen LogP contribution in [0.1, 0.15) is 44.3 Å². The third kappa shape index (κ3) is 2.91. The molecular formula is C19H22N2O4. The quantitative estimate of drug-likeness (QED) is 0.736. The minimum absolute atomic E-state index is 0.112. The lowest BCUT2D eigenvalue weighted by molar-refractivity contribution is -0.142. The molecule has 0 aliphatic heterocycles. The number of rotatable bonds is 4. The lowest BCUT2D eigenvalue weighted by Gasteiger charge is -2.27. The van der Waals surface area contributed by atoms with Crippen molar-refractivity contribution in [3.63, 3.8) is 0 Å². The van der Waals surface area contributed by atoms with Crippen molar-refractivity contribution in [1.29, 1.82) is 0 Å². The fourth-order valence-electron chi connectivity index (χ4n) is 3.87. The van der Waals surface area contributed by atoms with Crippen LogP contribution in [0.5, 0.6) is 0 Å². The number of aliphatic hydroxyl groups excluding tert-OH is 1. The topological polar surface area (TPSA) is 77.5 Å². The molecule has 1 aliphatic rings. The number of hydrogen-bond donors (Lipinski definition) is 1. The molecule has 132 valence electrons. The summed E-state index contributed by atoms with van der Waals surface area (Å²) < 4.78 is 12.7. The van der Waals surface area contributed by atoms with Gasteiger partial charge in [-0.2, -0.15) is 0 Å². The summed E-state index contributed by atoms with van der Waals surface area (Å²) in [5, 5.41) is 15.8. The summed E-state index contributed by atoms with van der Waals surface area (Å²) in [6.45, 7) is 2.15. The second kappa shape index (κ2) is 6.52. The number of hydrogen-bond acceptors (Lipinski definition) is 5. The SMILES string of the molecule is CCOC(=O)Cc1noc2ccc3c(ccn3C3CCC(O)CC3)c12. The smallest absolute Gasteiger partial charge is 0.312 e. The second-order valence-electron chi connectivity index (χ2n) is 6.67. The number of esters is 1. The molecule has 1 aromatic carbocycles. The van der Waals surface area contributed by atoms with Crippen LogP contribution in [0.25, 0.3) is 21.9 Å². The molecule has 6 nitrogen and oxygen atoms in total. The van der Waals surface area contributed by atoms with Gasteiger partial charge in [-0.15, -0.1) is 0 Å². The summed E-state index contributed by atoms with van der Waals surface area (Å²) in [4.78, 5) is 11.8. The van der Waals surface area contributed by atoms with Gasteiger partial charge in [0, 0.05) is 23.1 Å². The van der Waals surface area contributed by atoms with E-state index in [4.69, 9.17) is 9.26 Å². The van der Waals surface area contributed by atoms with Gasteiger partial charge in [0.05, 0.1) is 24.5 Å². The summed E-state index contributed by atoms with van der Waals surface area (Å²) in [5.74, 6) is -0.296. The first kappa shape index (κ1) is 16.1. The molecule has 2 heterocycles. The van der Waals surface area contributed by atoms with Gasteiger partial charge < -0.3 is 18.9 Å². The molecule has 0 bridgehead atoms. The first-order valence-electron chi connectivity index (χ1n) is 8.89. The van der Waals surface area contributed by atoms with E-state index in [0.717, 1.165) is 42.0 Å². The summed E-state index contributed by atoms with van der Waals surface area (Å²) >= 11 is 0. The molecule has 0 radical (unpaired) electrons. The van der Waals surface area contributed by atoms with Crippen LogP contribution in [0, 0.1) is 0 Å². The predicted octanol–water partition coefficient (Wildman–Crippen LogP) is 3.36. The fourth-order valence-corrected chi connectivity index (χ4v) is 3.87. The maximum Gasteiger partial charge on any atom is 0.312 e. The van der Waals surface area contributed by atoms with Crippen LogP contribution in [0.15, 0.2) is 28.9 Å². The zero-order valence-corrected chi connectivity index (χ0v) is 14.3. The zero-order valence-electron chi connectivity index (χ0n) is 14.3. The Balaban J connectivity index is 1.74. The second-order valence-corrected chi connectivity index (χ2v) is 6.67. The van der Waals surface area contributed by atoms with E-state index in [-0.39, 0.29) is 18.5 Å². The first-order valence-corrected chi connectivity index (χ1v) is 8.89. The Hall–Kier alpha value is -2.34. The number of nitrogens with zero attached hydrogens (tertiary/aromatic N) is 2. The number of benzene rings is 1. The van der Waals surface area contributed by atoms with E-state index in [2.05, 4.69) is 22.0 Å². The molecule has 0 spiro atoms. The van der Waals surface area contributed by atoms with Crippen molar-refractivity contribution < 1.29 is 19.2 Å². The Morgan fingerprint density at radius 2 is 2.12 bits per heavy atom. The lowest BCUT2D eigenvalue weighted by atomic mass is 9.93. The average molecular weight is 342 g/mol. The molecule has 0 unspecified atom stereocenters. The number of carbonyl (C=O) groups is 1. The van der Waals surface area contributed by atoms with Crippen molar-refractivity contribution >= 4 is 27.8 Å². The molecule has 1 N–H and O–H groups in total. The van der Waals surface area contributed by atoms with Gasteiger partial charge in [0.2, 0.25) is 0 Å². The highest BCUT2D eigenvalue weighted by Gasteiger charge is 2.23. The van der Waals surface area contributed by atoms with Crippen LogP contribution in [-0.2, 0) is 16.0 Å². The lowest BCUT2D eigenvalue weighted by Crippen LogP contribution is -2.20. The average Bonchev–Trinajstić information content (AvgIpc) is 3.20. The van der Waals surface area contributed by atoms with E-state index in [1.54, 1.807) is 6.92 Å². The van der Waals surface area contributed by atoms with Crippen LogP contribution in [0.3, 0.4) is 0 Å². The molecule has 4 rings (SSSR count). The van der Waals surface area contributed by atoms with Gasteiger partial charge in [-0.1, -0.05) is 5.16 Å². The minimum Gasteiger partial charge on any atom is -0.466 e. The van der Waals surface area contributed by atoms with Crippen LogP contribution in [0.2, 0.25) is 0 Å². The highest BCUT2D eigenvalue weighted by Crippen LogP contribution is 2.35. The van der Waals surface area contributed by atoms with E-state index < -0.39 is 0 Å². The summed E-state index contributed by atoms with van der Waals surface area (Å²) in [7, 11) is 0. The van der Waals surface area contributed by atoms with Crippen LogP contribution in [-0.4, -0.2) is 33.5 Å². The maximum atomic E-state index is 11.8. The van der Waals surface area contributed by atoms with E-state index >= 15 is 0 Å². The van der Waals surface area contributed by atoms with Crippen molar-refractivity contribution in [3.8, 4) is 0 Å². The molecule has 0 atom stereocenters. The summed E-state index contributed by atoms with van der Waals surface area (Å²) in [5.41, 5.74) is 2.42. The Labute approximate surface area is 145 Å². The molecule has 1 aliphatic carbocycles. The van der Waals surface area contributed by atoms with E-state index in [1.807, 2.05) is 12.1 Å². The Bertz CT molecular complexity index is 903. The minimum atomic E-state index is -0.296. The monoisotopic (exact) mass is 342 g/mol. The molecule has 6 heteroatoms. The third-order valence-electron chi connectivity index (χ3n) is 5.08.